The van der Waals surface area contributed by atoms with Gasteiger partial charge in [0.1, 0.15) is 0 Å². The summed E-state index contributed by atoms with van der Waals surface area (Å²) in [6.45, 7) is 19.1. The fourth-order valence-electron chi connectivity index (χ4n) is 1.89. The molecule has 1 aromatic heterocycles. The first kappa shape index (κ1) is 17.6. The normalized spacial score (nSPS) is 16.2. The van der Waals surface area contributed by atoms with E-state index in [1.54, 1.807) is 0 Å². The molecule has 1 heterocycles. The molecule has 0 aliphatic heterocycles. The van der Waals surface area contributed by atoms with Crippen molar-refractivity contribution in [2.45, 2.75) is 72.8 Å². The van der Waals surface area contributed by atoms with Crippen LogP contribution < -0.4 is 5.32 Å². The van der Waals surface area contributed by atoms with Gasteiger partial charge in [-0.1, -0.05) is 34.6 Å². The predicted octanol–water partition coefficient (Wildman–Crippen LogP) is 4.64. The van der Waals surface area contributed by atoms with Gasteiger partial charge in [0.05, 0.1) is 10.7 Å². The molecule has 0 bridgehead atoms. The molecule has 116 valence electrons. The van der Waals surface area contributed by atoms with Gasteiger partial charge >= 0.3 is 0 Å². The highest BCUT2D eigenvalue weighted by Crippen LogP contribution is 2.26. The van der Waals surface area contributed by atoms with Crippen molar-refractivity contribution in [3.8, 4) is 0 Å². The molecule has 0 fully saturated rings. The molecule has 2 unspecified atom stereocenters. The van der Waals surface area contributed by atoms with E-state index in [4.69, 9.17) is 4.98 Å². The maximum atomic E-state index is 4.81. The van der Waals surface area contributed by atoms with Crippen LogP contribution >= 0.6 is 11.3 Å². The smallest absolute Gasteiger partial charge is 0.0931 e. The molecule has 3 heteroatoms. The lowest BCUT2D eigenvalue weighted by molar-refractivity contribution is 0.317. The minimum absolute atomic E-state index is 0.164. The molecule has 1 rings (SSSR count). The van der Waals surface area contributed by atoms with Crippen molar-refractivity contribution in [3.05, 3.63) is 16.1 Å². The Morgan fingerprint density at radius 2 is 1.70 bits per heavy atom. The van der Waals surface area contributed by atoms with Gasteiger partial charge in [0, 0.05) is 22.8 Å². The van der Waals surface area contributed by atoms with Gasteiger partial charge in [-0.15, -0.1) is 11.3 Å². The highest BCUT2D eigenvalue weighted by atomic mass is 32.1. The molecule has 0 amide bonds. The Morgan fingerprint density at radius 1 is 1.10 bits per heavy atom. The van der Waals surface area contributed by atoms with E-state index in [1.807, 2.05) is 11.3 Å². The molecule has 1 aromatic rings. The van der Waals surface area contributed by atoms with Gasteiger partial charge in [-0.25, -0.2) is 4.98 Å². The first-order valence-electron chi connectivity index (χ1n) is 7.69. The Morgan fingerprint density at radius 3 is 2.15 bits per heavy atom. The van der Waals surface area contributed by atoms with E-state index in [0.717, 1.165) is 13.0 Å². The maximum absolute atomic E-state index is 4.81. The molecule has 0 aromatic carbocycles. The summed E-state index contributed by atoms with van der Waals surface area (Å²) in [7, 11) is 0. The fourth-order valence-corrected chi connectivity index (χ4v) is 3.06. The Balaban J connectivity index is 2.53. The van der Waals surface area contributed by atoms with Crippen molar-refractivity contribution >= 4 is 11.3 Å². The zero-order chi connectivity index (χ0) is 15.6. The van der Waals surface area contributed by atoms with Crippen LogP contribution in [0.5, 0.6) is 0 Å². The van der Waals surface area contributed by atoms with Crippen LogP contribution in [-0.4, -0.2) is 17.1 Å². The van der Waals surface area contributed by atoms with E-state index in [1.165, 1.54) is 10.7 Å². The lowest BCUT2D eigenvalue weighted by atomic mass is 9.91. The molecule has 0 saturated carbocycles. The average Bonchev–Trinajstić information content (AvgIpc) is 2.72. The lowest BCUT2D eigenvalue weighted by Crippen LogP contribution is -2.40. The molecular formula is C17H32N2S. The number of hydrogen-bond acceptors (Lipinski definition) is 3. The van der Waals surface area contributed by atoms with Gasteiger partial charge in [-0.3, -0.25) is 0 Å². The summed E-state index contributed by atoms with van der Waals surface area (Å²) in [5, 5.41) is 7.11. The molecule has 0 saturated heterocycles. The van der Waals surface area contributed by atoms with Gasteiger partial charge in [0.25, 0.3) is 0 Å². The van der Waals surface area contributed by atoms with Gasteiger partial charge in [-0.05, 0) is 39.2 Å². The van der Waals surface area contributed by atoms with Crippen molar-refractivity contribution < 1.29 is 0 Å². The Hall–Kier alpha value is -0.410. The second kappa shape index (κ2) is 6.57. The predicted molar refractivity (Wildman–Crippen MR) is 90.6 cm³/mol. The van der Waals surface area contributed by atoms with Gasteiger partial charge in [0.15, 0.2) is 0 Å². The van der Waals surface area contributed by atoms with Gasteiger partial charge < -0.3 is 5.32 Å². The Bertz CT molecular complexity index is 409. The van der Waals surface area contributed by atoms with Crippen LogP contribution in [0, 0.1) is 11.8 Å². The van der Waals surface area contributed by atoms with Crippen molar-refractivity contribution in [3.63, 3.8) is 0 Å². The van der Waals surface area contributed by atoms with E-state index in [2.05, 4.69) is 66.1 Å². The third-order valence-corrected chi connectivity index (χ3v) is 4.61. The van der Waals surface area contributed by atoms with E-state index in [0.29, 0.717) is 11.8 Å². The summed E-state index contributed by atoms with van der Waals surface area (Å²) in [6, 6.07) is 0. The van der Waals surface area contributed by atoms with E-state index in [9.17, 15) is 0 Å². The van der Waals surface area contributed by atoms with E-state index >= 15 is 0 Å². The van der Waals surface area contributed by atoms with Crippen molar-refractivity contribution in [1.82, 2.24) is 10.3 Å². The summed E-state index contributed by atoms with van der Waals surface area (Å²) in [4.78, 5) is 4.81. The van der Waals surface area contributed by atoms with Crippen LogP contribution in [0.4, 0.5) is 0 Å². The van der Waals surface area contributed by atoms with Gasteiger partial charge in [-0.2, -0.15) is 0 Å². The molecule has 2 atom stereocenters. The van der Waals surface area contributed by atoms with Crippen LogP contribution in [0.25, 0.3) is 0 Å². The first-order valence-corrected chi connectivity index (χ1v) is 8.57. The molecule has 0 aliphatic rings. The summed E-state index contributed by atoms with van der Waals surface area (Å²) in [6.07, 6.45) is 1.09. The second-order valence-corrected chi connectivity index (χ2v) is 9.11. The molecular weight excluding hydrogens is 264 g/mol. The van der Waals surface area contributed by atoms with Gasteiger partial charge in [0.2, 0.25) is 0 Å². The van der Waals surface area contributed by atoms with Crippen LogP contribution in [0.1, 0.15) is 66.1 Å². The van der Waals surface area contributed by atoms with Crippen LogP contribution in [-0.2, 0) is 11.8 Å². The topological polar surface area (TPSA) is 24.9 Å². The highest BCUT2D eigenvalue weighted by molar-refractivity contribution is 7.09. The maximum Gasteiger partial charge on any atom is 0.0931 e. The van der Waals surface area contributed by atoms with Crippen molar-refractivity contribution in [2.24, 2.45) is 11.8 Å². The highest BCUT2D eigenvalue weighted by Gasteiger charge is 2.20. The summed E-state index contributed by atoms with van der Waals surface area (Å²) >= 11 is 1.81. The summed E-state index contributed by atoms with van der Waals surface area (Å²) in [5.74, 6) is 1.32. The van der Waals surface area contributed by atoms with Crippen molar-refractivity contribution in [2.75, 3.05) is 6.54 Å². The summed E-state index contributed by atoms with van der Waals surface area (Å²) < 4.78 is 0. The molecule has 0 radical (unpaired) electrons. The number of hydrogen-bond donors (Lipinski definition) is 1. The summed E-state index contributed by atoms with van der Waals surface area (Å²) in [5.41, 5.74) is 1.59. The molecule has 1 N–H and O–H groups in total. The van der Waals surface area contributed by atoms with E-state index < -0.39 is 0 Å². The minimum atomic E-state index is 0.164. The van der Waals surface area contributed by atoms with Crippen LogP contribution in [0.15, 0.2) is 5.38 Å². The lowest BCUT2D eigenvalue weighted by Gasteiger charge is -2.26. The second-order valence-electron chi connectivity index (χ2n) is 8.17. The zero-order valence-corrected chi connectivity index (χ0v) is 15.3. The molecule has 20 heavy (non-hydrogen) atoms. The average molecular weight is 297 g/mol. The van der Waals surface area contributed by atoms with E-state index in [-0.39, 0.29) is 11.0 Å². The zero-order valence-electron chi connectivity index (χ0n) is 14.5. The fraction of sp³-hybridized carbons (Fsp3) is 0.824. The third-order valence-electron chi connectivity index (χ3n) is 3.74. The molecule has 0 spiro atoms. The van der Waals surface area contributed by atoms with Crippen LogP contribution in [0.2, 0.25) is 0 Å². The minimum Gasteiger partial charge on any atom is -0.312 e. The third kappa shape index (κ3) is 5.92. The number of aromatic nitrogens is 1. The first-order chi connectivity index (χ1) is 8.99. The number of thiazole rings is 1. The largest absolute Gasteiger partial charge is 0.312 e. The molecule has 2 nitrogen and oxygen atoms in total. The quantitative estimate of drug-likeness (QED) is 0.856. The Kier molecular flexibility index (Phi) is 5.79. The number of nitrogens with zero attached hydrogens (tertiary/aromatic N) is 1. The standard InChI is InChI=1S/C17H32N2S/c1-12(13(2)10-18-17(6,7)8)9-15-19-14(11-20-15)16(3,4)5/h11-13,18H,9-10H2,1-8H3. The Labute approximate surface area is 129 Å². The van der Waals surface area contributed by atoms with Crippen LogP contribution in [0.3, 0.4) is 0 Å². The monoisotopic (exact) mass is 296 g/mol. The molecule has 0 aliphatic carbocycles. The van der Waals surface area contributed by atoms with Crippen molar-refractivity contribution in [1.29, 1.82) is 0 Å². The number of rotatable bonds is 5. The number of nitrogens with one attached hydrogen (secondary N) is 1. The SMILES string of the molecule is CC(CNC(C)(C)C)C(C)Cc1nc(C(C)(C)C)cs1.